The van der Waals surface area contributed by atoms with Crippen LogP contribution in [0.3, 0.4) is 0 Å². The third kappa shape index (κ3) is 2.83. The smallest absolute Gasteiger partial charge is 0.337 e. The maximum absolute atomic E-state index is 12.2. The lowest BCUT2D eigenvalue weighted by Crippen LogP contribution is -2.33. The maximum Gasteiger partial charge on any atom is 0.337 e. The van der Waals surface area contributed by atoms with Crippen LogP contribution in [-0.2, 0) is 10.0 Å². The number of rotatable bonds is 4. The number of carboxylic acid groups (broad SMARTS) is 1. The Balaban J connectivity index is 1.98. The van der Waals surface area contributed by atoms with Gasteiger partial charge in [0.25, 0.3) is 0 Å². The van der Waals surface area contributed by atoms with Crippen molar-refractivity contribution in [3.63, 3.8) is 0 Å². The fourth-order valence-electron chi connectivity index (χ4n) is 2.39. The van der Waals surface area contributed by atoms with E-state index in [1.54, 1.807) is 0 Å². The molecule has 7 nitrogen and oxygen atoms in total. The molecule has 1 aromatic carbocycles. The molecule has 0 saturated heterocycles. The highest BCUT2D eigenvalue weighted by Gasteiger charge is 2.32. The van der Waals surface area contributed by atoms with Crippen molar-refractivity contribution in [2.24, 2.45) is 0 Å². The second-order valence-electron chi connectivity index (χ2n) is 5.40. The number of ether oxygens (including phenoxy) is 2. The zero-order chi connectivity index (χ0) is 15.7. The lowest BCUT2D eigenvalue weighted by molar-refractivity contribution is 0.0697. The molecule has 0 atom stereocenters. The number of hydrogen-bond acceptors (Lipinski definition) is 5. The molecule has 1 saturated carbocycles. The zero-order valence-electron chi connectivity index (χ0n) is 11.9. The molecule has 120 valence electrons. The first-order valence-electron chi connectivity index (χ1n) is 7.16. The Kier molecular flexibility index (Phi) is 3.86. The summed E-state index contributed by atoms with van der Waals surface area (Å²) in [4.78, 5) is 11.4. The van der Waals surface area contributed by atoms with Crippen LogP contribution >= 0.6 is 0 Å². The number of aromatic carboxylic acids is 1. The van der Waals surface area contributed by atoms with Gasteiger partial charge in [-0.2, -0.15) is 0 Å². The molecule has 0 amide bonds. The minimum Gasteiger partial charge on any atom is -0.490 e. The molecule has 2 N–H and O–H groups in total. The average Bonchev–Trinajstić information content (AvgIpc) is 2.58. The number of benzene rings is 1. The molecular formula is C14H17NO6S. The van der Waals surface area contributed by atoms with Gasteiger partial charge in [-0.1, -0.05) is 6.42 Å². The predicted molar refractivity (Wildman–Crippen MR) is 79.2 cm³/mol. The molecule has 22 heavy (non-hydrogen) atoms. The van der Waals surface area contributed by atoms with Crippen LogP contribution in [0.2, 0.25) is 0 Å². The van der Waals surface area contributed by atoms with Crippen molar-refractivity contribution in [2.45, 2.75) is 30.9 Å². The van der Waals surface area contributed by atoms with E-state index in [0.29, 0.717) is 44.0 Å². The molecule has 1 aliphatic heterocycles. The molecule has 0 aromatic heterocycles. The molecular weight excluding hydrogens is 310 g/mol. The molecule has 0 unspecified atom stereocenters. The normalized spacial score (nSPS) is 18.2. The van der Waals surface area contributed by atoms with Gasteiger partial charge in [0.1, 0.15) is 0 Å². The van der Waals surface area contributed by atoms with Gasteiger partial charge in [0.2, 0.25) is 10.0 Å². The summed E-state index contributed by atoms with van der Waals surface area (Å²) in [6.07, 6.45) is 2.75. The molecule has 2 aliphatic rings. The van der Waals surface area contributed by atoms with Crippen molar-refractivity contribution in [1.82, 2.24) is 0 Å². The number of anilines is 1. The van der Waals surface area contributed by atoms with E-state index in [9.17, 15) is 18.3 Å². The molecule has 3 rings (SSSR count). The highest BCUT2D eigenvalue weighted by atomic mass is 32.2. The quantitative estimate of drug-likeness (QED) is 0.875. The number of sulfonamides is 1. The second-order valence-corrected chi connectivity index (χ2v) is 7.36. The van der Waals surface area contributed by atoms with Gasteiger partial charge in [-0.05, 0) is 12.8 Å². The summed E-state index contributed by atoms with van der Waals surface area (Å²) in [7, 11) is -3.58. The van der Waals surface area contributed by atoms with Gasteiger partial charge in [-0.25, -0.2) is 13.2 Å². The minimum absolute atomic E-state index is 0.0173. The summed E-state index contributed by atoms with van der Waals surface area (Å²) in [6.45, 7) is 0.868. The lowest BCUT2D eigenvalue weighted by atomic mass is 10.0. The fourth-order valence-corrected chi connectivity index (χ4v) is 3.98. The maximum atomic E-state index is 12.2. The first-order chi connectivity index (χ1) is 10.5. The van der Waals surface area contributed by atoms with E-state index >= 15 is 0 Å². The van der Waals surface area contributed by atoms with Crippen LogP contribution in [0.4, 0.5) is 5.69 Å². The zero-order valence-corrected chi connectivity index (χ0v) is 12.7. The number of carboxylic acids is 1. The van der Waals surface area contributed by atoms with Crippen LogP contribution in [-0.4, -0.2) is 38.0 Å². The molecule has 0 spiro atoms. The SMILES string of the molecule is O=C(O)c1cc2c(cc1NS(=O)(=O)C1CCC1)OCCCO2. The Morgan fingerprint density at radius 3 is 2.32 bits per heavy atom. The van der Waals surface area contributed by atoms with Crippen molar-refractivity contribution < 1.29 is 27.8 Å². The van der Waals surface area contributed by atoms with E-state index in [1.807, 2.05) is 0 Å². The lowest BCUT2D eigenvalue weighted by Gasteiger charge is -2.26. The van der Waals surface area contributed by atoms with E-state index < -0.39 is 21.2 Å². The van der Waals surface area contributed by atoms with Gasteiger partial charge in [0, 0.05) is 18.6 Å². The Morgan fingerprint density at radius 2 is 1.77 bits per heavy atom. The number of fused-ring (bicyclic) bond motifs is 1. The van der Waals surface area contributed by atoms with Crippen LogP contribution in [0, 0.1) is 0 Å². The topological polar surface area (TPSA) is 102 Å². The average molecular weight is 327 g/mol. The summed E-state index contributed by atoms with van der Waals surface area (Å²) in [6, 6.07) is 2.70. The highest BCUT2D eigenvalue weighted by molar-refractivity contribution is 7.93. The van der Waals surface area contributed by atoms with Gasteiger partial charge in [0.15, 0.2) is 11.5 Å². The van der Waals surface area contributed by atoms with Crippen molar-refractivity contribution >= 4 is 21.7 Å². The van der Waals surface area contributed by atoms with Gasteiger partial charge in [-0.3, -0.25) is 4.72 Å². The minimum atomic E-state index is -3.58. The second kappa shape index (κ2) is 5.68. The number of nitrogens with one attached hydrogen (secondary N) is 1. The Hall–Kier alpha value is -1.96. The van der Waals surface area contributed by atoms with Crippen LogP contribution < -0.4 is 14.2 Å². The third-order valence-corrected chi connectivity index (χ3v) is 5.71. The number of carbonyl (C=O) groups is 1. The molecule has 1 aromatic rings. The van der Waals surface area contributed by atoms with Crippen LogP contribution in [0.1, 0.15) is 36.0 Å². The van der Waals surface area contributed by atoms with Crippen LogP contribution in [0.15, 0.2) is 12.1 Å². The molecule has 0 radical (unpaired) electrons. The van der Waals surface area contributed by atoms with Gasteiger partial charge < -0.3 is 14.6 Å². The Bertz CT molecular complexity index is 696. The summed E-state index contributed by atoms with van der Waals surface area (Å²) < 4.78 is 37.8. The molecule has 1 heterocycles. The Labute approximate surface area is 128 Å². The largest absolute Gasteiger partial charge is 0.490 e. The third-order valence-electron chi connectivity index (χ3n) is 3.86. The van der Waals surface area contributed by atoms with E-state index in [0.717, 1.165) is 6.42 Å². The van der Waals surface area contributed by atoms with Gasteiger partial charge in [-0.15, -0.1) is 0 Å². The first kappa shape index (κ1) is 15.0. The van der Waals surface area contributed by atoms with Crippen LogP contribution in [0.25, 0.3) is 0 Å². The van der Waals surface area contributed by atoms with Gasteiger partial charge >= 0.3 is 5.97 Å². The monoisotopic (exact) mass is 327 g/mol. The van der Waals surface area contributed by atoms with E-state index in [1.165, 1.54) is 12.1 Å². The Morgan fingerprint density at radius 1 is 1.14 bits per heavy atom. The summed E-state index contributed by atoms with van der Waals surface area (Å²) in [5.41, 5.74) is -0.129. The first-order valence-corrected chi connectivity index (χ1v) is 8.70. The van der Waals surface area contributed by atoms with E-state index in [2.05, 4.69) is 4.72 Å². The standard InChI is InChI=1S/C14H17NO6S/c16-14(17)10-7-12-13(21-6-2-5-20-12)8-11(10)15-22(18,19)9-3-1-4-9/h7-9,15H,1-6H2,(H,16,17). The van der Waals surface area contributed by atoms with Crippen molar-refractivity contribution in [1.29, 1.82) is 0 Å². The molecule has 1 fully saturated rings. The molecule has 8 heteroatoms. The van der Waals surface area contributed by atoms with Crippen molar-refractivity contribution in [2.75, 3.05) is 17.9 Å². The van der Waals surface area contributed by atoms with Gasteiger partial charge in [0.05, 0.1) is 29.7 Å². The number of hydrogen-bond donors (Lipinski definition) is 2. The van der Waals surface area contributed by atoms with Crippen molar-refractivity contribution in [3.05, 3.63) is 17.7 Å². The molecule has 1 aliphatic carbocycles. The molecule has 0 bridgehead atoms. The van der Waals surface area contributed by atoms with E-state index in [4.69, 9.17) is 9.47 Å². The summed E-state index contributed by atoms with van der Waals surface area (Å²) >= 11 is 0. The van der Waals surface area contributed by atoms with Crippen molar-refractivity contribution in [3.8, 4) is 11.5 Å². The van der Waals surface area contributed by atoms with Crippen LogP contribution in [0.5, 0.6) is 11.5 Å². The summed E-state index contributed by atoms with van der Waals surface area (Å²) in [5, 5.41) is 8.86. The fraction of sp³-hybridized carbons (Fsp3) is 0.500. The van der Waals surface area contributed by atoms with E-state index in [-0.39, 0.29) is 11.3 Å². The highest BCUT2D eigenvalue weighted by Crippen LogP contribution is 2.37. The predicted octanol–water partition coefficient (Wildman–Crippen LogP) is 1.84. The summed E-state index contributed by atoms with van der Waals surface area (Å²) in [5.74, 6) is -0.544.